The van der Waals surface area contributed by atoms with E-state index in [0.29, 0.717) is 12.5 Å². The second-order valence-electron chi connectivity index (χ2n) is 8.85. The first-order chi connectivity index (χ1) is 14.3. The second kappa shape index (κ2) is 10.2. The molecule has 3 saturated heterocycles. The van der Waals surface area contributed by atoms with Crippen molar-refractivity contribution in [1.82, 2.24) is 9.80 Å². The summed E-state index contributed by atoms with van der Waals surface area (Å²) in [4.78, 5) is 4.95. The fourth-order valence-electron chi connectivity index (χ4n) is 5.01. The van der Waals surface area contributed by atoms with E-state index in [1.165, 1.54) is 5.56 Å². The summed E-state index contributed by atoms with van der Waals surface area (Å²) in [6.07, 6.45) is 3.29. The van der Waals surface area contributed by atoms with Gasteiger partial charge in [0, 0.05) is 50.3 Å². The minimum absolute atomic E-state index is 0.0759. The zero-order valence-electron chi connectivity index (χ0n) is 17.6. The normalized spacial score (nSPS) is 28.4. The molecule has 1 N–H and O–H groups in total. The molecule has 0 unspecified atom stereocenters. The van der Waals surface area contributed by atoms with Crippen molar-refractivity contribution in [2.75, 3.05) is 72.4 Å². The lowest BCUT2D eigenvalue weighted by atomic mass is 9.76. The number of nitrogens with zero attached hydrogens (tertiary/aromatic N) is 2. The third-order valence-electron chi connectivity index (χ3n) is 6.79. The number of morpholine rings is 1. The maximum absolute atomic E-state index is 10.0. The van der Waals surface area contributed by atoms with Gasteiger partial charge in [-0.1, -0.05) is 18.2 Å². The van der Waals surface area contributed by atoms with Gasteiger partial charge in [0.05, 0.1) is 33.0 Å². The zero-order valence-corrected chi connectivity index (χ0v) is 17.6. The molecule has 0 aromatic heterocycles. The lowest BCUT2D eigenvalue weighted by Gasteiger charge is -2.36. The lowest BCUT2D eigenvalue weighted by Crippen LogP contribution is -2.42. The molecule has 3 aliphatic rings. The zero-order chi connectivity index (χ0) is 19.9. The Morgan fingerprint density at radius 1 is 1.07 bits per heavy atom. The van der Waals surface area contributed by atoms with Crippen LogP contribution in [0.15, 0.2) is 24.3 Å². The molecule has 3 fully saturated rings. The first kappa shape index (κ1) is 21.1. The van der Waals surface area contributed by atoms with E-state index in [1.807, 2.05) is 0 Å². The van der Waals surface area contributed by atoms with Gasteiger partial charge in [0.15, 0.2) is 0 Å². The largest absolute Gasteiger partial charge is 0.493 e. The number of aliphatic hydroxyl groups excluding tert-OH is 1. The van der Waals surface area contributed by atoms with Gasteiger partial charge in [-0.3, -0.25) is 9.80 Å². The summed E-state index contributed by atoms with van der Waals surface area (Å²) in [5.41, 5.74) is 1.17. The fraction of sp³-hybridized carbons (Fsp3) is 0.739. The van der Waals surface area contributed by atoms with Crippen LogP contribution < -0.4 is 4.74 Å². The Hall–Kier alpha value is -1.18. The van der Waals surface area contributed by atoms with E-state index in [-0.39, 0.29) is 12.0 Å². The molecule has 0 bridgehead atoms. The van der Waals surface area contributed by atoms with Crippen molar-refractivity contribution >= 4 is 0 Å². The van der Waals surface area contributed by atoms with Crippen molar-refractivity contribution in [2.45, 2.75) is 25.8 Å². The quantitative estimate of drug-likeness (QED) is 0.636. The van der Waals surface area contributed by atoms with Crippen LogP contribution in [0.3, 0.4) is 0 Å². The first-order valence-corrected chi connectivity index (χ1v) is 11.2. The molecule has 6 heteroatoms. The number of rotatable bonds is 9. The number of benzene rings is 1. The van der Waals surface area contributed by atoms with Crippen LogP contribution in [-0.2, 0) is 16.0 Å². The van der Waals surface area contributed by atoms with Crippen LogP contribution in [0.1, 0.15) is 24.8 Å². The number of aliphatic hydroxyl groups is 1. The van der Waals surface area contributed by atoms with Gasteiger partial charge in [-0.2, -0.15) is 0 Å². The van der Waals surface area contributed by atoms with E-state index < -0.39 is 0 Å². The molecule has 0 saturated carbocycles. The third-order valence-corrected chi connectivity index (χ3v) is 6.79. The summed E-state index contributed by atoms with van der Waals surface area (Å²) < 4.78 is 17.3. The van der Waals surface area contributed by atoms with E-state index in [1.54, 1.807) is 0 Å². The van der Waals surface area contributed by atoms with Crippen LogP contribution in [0.25, 0.3) is 0 Å². The topological polar surface area (TPSA) is 54.4 Å². The highest BCUT2D eigenvalue weighted by atomic mass is 16.5. The summed E-state index contributed by atoms with van der Waals surface area (Å²) in [5, 5.41) is 10.0. The Kier molecular flexibility index (Phi) is 7.43. The number of fused-ring (bicyclic) bond motifs is 1. The molecule has 162 valence electrons. The molecular weight excluding hydrogens is 368 g/mol. The van der Waals surface area contributed by atoms with E-state index >= 15 is 0 Å². The molecule has 2 atom stereocenters. The number of hydrogen-bond acceptors (Lipinski definition) is 6. The SMILES string of the molecule is OC[C@]12COCC[C@H]1CN(Cc1ccccc1OCCCCN1CCOCC1)C2. The van der Waals surface area contributed by atoms with Crippen LogP contribution >= 0.6 is 0 Å². The van der Waals surface area contributed by atoms with Crippen molar-refractivity contribution in [3.05, 3.63) is 29.8 Å². The summed E-state index contributed by atoms with van der Waals surface area (Å²) >= 11 is 0. The first-order valence-electron chi connectivity index (χ1n) is 11.2. The molecule has 1 aromatic rings. The molecule has 0 spiro atoms. The highest BCUT2D eigenvalue weighted by molar-refractivity contribution is 5.33. The molecule has 0 radical (unpaired) electrons. The van der Waals surface area contributed by atoms with Gasteiger partial charge in [-0.15, -0.1) is 0 Å². The Morgan fingerprint density at radius 2 is 1.93 bits per heavy atom. The van der Waals surface area contributed by atoms with Gasteiger partial charge in [0.25, 0.3) is 0 Å². The number of hydrogen-bond donors (Lipinski definition) is 1. The van der Waals surface area contributed by atoms with Crippen LogP contribution in [0.4, 0.5) is 0 Å². The summed E-state index contributed by atoms with van der Waals surface area (Å²) in [7, 11) is 0. The van der Waals surface area contributed by atoms with E-state index in [2.05, 4.69) is 34.1 Å². The maximum atomic E-state index is 10.0. The maximum Gasteiger partial charge on any atom is 0.123 e. The predicted octanol–water partition coefficient (Wildman–Crippen LogP) is 2.01. The molecule has 6 nitrogen and oxygen atoms in total. The average Bonchev–Trinajstić information content (AvgIpc) is 3.14. The van der Waals surface area contributed by atoms with E-state index in [4.69, 9.17) is 14.2 Å². The van der Waals surface area contributed by atoms with Crippen molar-refractivity contribution < 1.29 is 19.3 Å². The van der Waals surface area contributed by atoms with Crippen molar-refractivity contribution in [3.63, 3.8) is 0 Å². The number of para-hydroxylation sites is 1. The predicted molar refractivity (Wildman–Crippen MR) is 112 cm³/mol. The second-order valence-corrected chi connectivity index (χ2v) is 8.85. The highest BCUT2D eigenvalue weighted by Crippen LogP contribution is 2.41. The molecule has 4 rings (SSSR count). The minimum Gasteiger partial charge on any atom is -0.493 e. The van der Waals surface area contributed by atoms with Crippen LogP contribution in [0, 0.1) is 11.3 Å². The van der Waals surface area contributed by atoms with Gasteiger partial charge < -0.3 is 19.3 Å². The van der Waals surface area contributed by atoms with Crippen LogP contribution in [0.5, 0.6) is 5.75 Å². The number of ether oxygens (including phenoxy) is 3. The smallest absolute Gasteiger partial charge is 0.123 e. The van der Waals surface area contributed by atoms with Crippen LogP contribution in [-0.4, -0.2) is 87.3 Å². The Morgan fingerprint density at radius 3 is 2.76 bits per heavy atom. The van der Waals surface area contributed by atoms with E-state index in [0.717, 1.165) is 90.7 Å². The fourth-order valence-corrected chi connectivity index (χ4v) is 5.01. The molecule has 3 aliphatic heterocycles. The summed E-state index contributed by atoms with van der Waals surface area (Å²) in [5.74, 6) is 1.54. The van der Waals surface area contributed by atoms with Gasteiger partial charge in [0.2, 0.25) is 0 Å². The summed E-state index contributed by atoms with van der Waals surface area (Å²) in [6.45, 7) is 10.3. The molecule has 0 amide bonds. The van der Waals surface area contributed by atoms with Gasteiger partial charge in [0.1, 0.15) is 5.75 Å². The van der Waals surface area contributed by atoms with Crippen molar-refractivity contribution in [2.24, 2.45) is 11.3 Å². The number of likely N-dealkylation sites (tertiary alicyclic amines) is 1. The average molecular weight is 405 g/mol. The summed E-state index contributed by atoms with van der Waals surface area (Å²) in [6, 6.07) is 8.41. The number of unbranched alkanes of at least 4 members (excludes halogenated alkanes) is 1. The van der Waals surface area contributed by atoms with Gasteiger partial charge in [-0.25, -0.2) is 0 Å². The molecule has 3 heterocycles. The molecule has 1 aromatic carbocycles. The third kappa shape index (κ3) is 5.30. The van der Waals surface area contributed by atoms with Gasteiger partial charge >= 0.3 is 0 Å². The van der Waals surface area contributed by atoms with Crippen molar-refractivity contribution in [1.29, 1.82) is 0 Å². The molecular formula is C23H36N2O4. The minimum atomic E-state index is -0.0759. The standard InChI is InChI=1S/C23H36N2O4/c26-18-23-17-25(16-21(23)7-12-28-19-23)15-20-5-1-2-6-22(20)29-11-4-3-8-24-9-13-27-14-10-24/h1-2,5-6,21,26H,3-4,7-19H2/t21-,23+/m0/s1. The van der Waals surface area contributed by atoms with Gasteiger partial charge in [-0.05, 0) is 37.8 Å². The lowest BCUT2D eigenvalue weighted by molar-refractivity contribution is -0.0561. The Balaban J connectivity index is 1.25. The Bertz CT molecular complexity index is 637. The Labute approximate surface area is 174 Å². The van der Waals surface area contributed by atoms with Crippen LogP contribution in [0.2, 0.25) is 0 Å². The monoisotopic (exact) mass is 404 g/mol. The highest BCUT2D eigenvalue weighted by Gasteiger charge is 2.48. The molecule has 29 heavy (non-hydrogen) atoms. The molecule has 0 aliphatic carbocycles. The van der Waals surface area contributed by atoms with Crippen molar-refractivity contribution in [3.8, 4) is 5.75 Å². The van der Waals surface area contributed by atoms with E-state index in [9.17, 15) is 5.11 Å².